The lowest BCUT2D eigenvalue weighted by Crippen LogP contribution is -2.37. The number of nitrogens with zero attached hydrogens (tertiary/aromatic N) is 4. The largest absolute Gasteiger partial charge is 0.393 e. The van der Waals surface area contributed by atoms with Crippen LogP contribution in [0.2, 0.25) is 5.02 Å². The zero-order valence-electron chi connectivity index (χ0n) is 21.9. The molecular formula is C29H38ClN5O2. The van der Waals surface area contributed by atoms with Gasteiger partial charge in [0.1, 0.15) is 5.65 Å². The molecule has 1 amide bonds. The number of nitrogens with one attached hydrogen (secondary N) is 1. The number of aliphatic hydroxyl groups is 1. The maximum absolute atomic E-state index is 13.0. The molecule has 2 aliphatic rings. The fraction of sp³-hybridized carbons (Fsp3) is 0.552. The Kier molecular flexibility index (Phi) is 8.01. The van der Waals surface area contributed by atoms with Gasteiger partial charge < -0.3 is 19.9 Å². The van der Waals surface area contributed by atoms with Gasteiger partial charge >= 0.3 is 0 Å². The van der Waals surface area contributed by atoms with E-state index in [9.17, 15) is 9.90 Å². The molecule has 2 aromatic heterocycles. The van der Waals surface area contributed by atoms with Gasteiger partial charge in [-0.3, -0.25) is 4.79 Å². The number of carbonyl (C=O) groups is 1. The summed E-state index contributed by atoms with van der Waals surface area (Å²) >= 11 is 6.00. The molecule has 1 saturated carbocycles. The Hall–Kier alpha value is -2.64. The fourth-order valence-electron chi connectivity index (χ4n) is 5.96. The summed E-state index contributed by atoms with van der Waals surface area (Å²) in [5, 5.41) is 15.3. The molecule has 3 aromatic rings. The Bertz CT molecular complexity index is 1210. The third-order valence-corrected chi connectivity index (χ3v) is 8.32. The van der Waals surface area contributed by atoms with E-state index in [1.54, 1.807) is 24.3 Å². The third-order valence-electron chi connectivity index (χ3n) is 8.07. The molecule has 0 spiro atoms. The van der Waals surface area contributed by atoms with Gasteiger partial charge in [0, 0.05) is 53.5 Å². The highest BCUT2D eigenvalue weighted by molar-refractivity contribution is 6.30. The molecule has 198 valence electrons. The van der Waals surface area contributed by atoms with Gasteiger partial charge in [-0.25, -0.2) is 4.98 Å². The first-order valence-corrected chi connectivity index (χ1v) is 14.2. The maximum atomic E-state index is 13.0. The van der Waals surface area contributed by atoms with E-state index in [1.807, 2.05) is 11.1 Å². The van der Waals surface area contributed by atoms with Crippen molar-refractivity contribution in [1.82, 2.24) is 19.4 Å². The molecule has 5 rings (SSSR count). The highest BCUT2D eigenvalue weighted by Crippen LogP contribution is 2.38. The molecule has 0 bridgehead atoms. The zero-order chi connectivity index (χ0) is 25.9. The van der Waals surface area contributed by atoms with Crippen molar-refractivity contribution in [2.24, 2.45) is 0 Å². The van der Waals surface area contributed by atoms with Crippen LogP contribution in [0.3, 0.4) is 0 Å². The smallest absolute Gasteiger partial charge is 0.253 e. The van der Waals surface area contributed by atoms with Crippen molar-refractivity contribution in [3.8, 4) is 0 Å². The monoisotopic (exact) mass is 523 g/mol. The standard InChI is InChI=1S/C29H38ClN5O2/c1-3-4-19(2)32-29-31-17-25-26(18-35(27(25)33-29)23-9-11-24(36)12-10-23)20-13-15-34(16-14-20)28(37)21-5-7-22(30)8-6-21/h5-8,17-20,23-24,36H,3-4,9-16H2,1-2H3,(H,31,32,33)/t19-,23?,24?/m0/s1. The predicted octanol–water partition coefficient (Wildman–Crippen LogP) is 6.18. The summed E-state index contributed by atoms with van der Waals surface area (Å²) in [5.74, 6) is 1.10. The molecule has 1 aromatic carbocycles. The summed E-state index contributed by atoms with van der Waals surface area (Å²) < 4.78 is 2.35. The number of aliphatic hydroxyl groups excluding tert-OH is 1. The topological polar surface area (TPSA) is 83.3 Å². The number of piperidine rings is 1. The van der Waals surface area contributed by atoms with Crippen LogP contribution in [0.15, 0.2) is 36.7 Å². The third kappa shape index (κ3) is 5.78. The van der Waals surface area contributed by atoms with Gasteiger partial charge in [0.05, 0.1) is 6.10 Å². The molecule has 8 heteroatoms. The first-order valence-electron chi connectivity index (χ1n) is 13.8. The molecular weight excluding hydrogens is 486 g/mol. The molecule has 1 atom stereocenters. The molecule has 1 aliphatic heterocycles. The molecule has 1 saturated heterocycles. The van der Waals surface area contributed by atoms with Crippen molar-refractivity contribution in [2.45, 2.75) is 89.3 Å². The van der Waals surface area contributed by atoms with E-state index in [0.29, 0.717) is 34.5 Å². The Morgan fingerprint density at radius 3 is 2.51 bits per heavy atom. The van der Waals surface area contributed by atoms with Crippen molar-refractivity contribution >= 4 is 34.5 Å². The Balaban J connectivity index is 1.38. The second kappa shape index (κ2) is 11.4. The molecule has 2 N–H and O–H groups in total. The lowest BCUT2D eigenvalue weighted by Gasteiger charge is -2.32. The highest BCUT2D eigenvalue weighted by Gasteiger charge is 2.29. The Morgan fingerprint density at radius 2 is 1.84 bits per heavy atom. The zero-order valence-corrected chi connectivity index (χ0v) is 22.6. The summed E-state index contributed by atoms with van der Waals surface area (Å²) in [7, 11) is 0. The van der Waals surface area contributed by atoms with Crippen molar-refractivity contribution in [3.05, 3.63) is 52.8 Å². The van der Waals surface area contributed by atoms with Gasteiger partial charge in [-0.2, -0.15) is 4.98 Å². The average Bonchev–Trinajstić information content (AvgIpc) is 3.28. The van der Waals surface area contributed by atoms with Crippen LogP contribution in [0, 0.1) is 0 Å². The quantitative estimate of drug-likeness (QED) is 0.386. The van der Waals surface area contributed by atoms with Crippen LogP contribution < -0.4 is 5.32 Å². The minimum Gasteiger partial charge on any atom is -0.393 e. The average molecular weight is 524 g/mol. The maximum Gasteiger partial charge on any atom is 0.253 e. The summed E-state index contributed by atoms with van der Waals surface area (Å²) in [6, 6.07) is 7.80. The van der Waals surface area contributed by atoms with E-state index < -0.39 is 0 Å². The van der Waals surface area contributed by atoms with Crippen LogP contribution in [0.4, 0.5) is 5.95 Å². The summed E-state index contributed by atoms with van der Waals surface area (Å²) in [6.45, 7) is 5.81. The van der Waals surface area contributed by atoms with Crippen LogP contribution in [0.25, 0.3) is 11.0 Å². The van der Waals surface area contributed by atoms with E-state index in [4.69, 9.17) is 21.6 Å². The second-order valence-corrected chi connectivity index (χ2v) is 11.2. The summed E-state index contributed by atoms with van der Waals surface area (Å²) in [5.41, 5.74) is 2.95. The summed E-state index contributed by atoms with van der Waals surface area (Å²) in [6.07, 6.45) is 11.7. The molecule has 37 heavy (non-hydrogen) atoms. The number of amides is 1. The van der Waals surface area contributed by atoms with Crippen LogP contribution in [0.5, 0.6) is 0 Å². The number of halogens is 1. The van der Waals surface area contributed by atoms with E-state index in [-0.39, 0.29) is 12.0 Å². The molecule has 0 unspecified atom stereocenters. The number of anilines is 1. The van der Waals surface area contributed by atoms with E-state index in [0.717, 1.165) is 75.5 Å². The van der Waals surface area contributed by atoms with Crippen LogP contribution in [-0.2, 0) is 0 Å². The van der Waals surface area contributed by atoms with Gasteiger partial charge in [0.15, 0.2) is 0 Å². The number of carbonyl (C=O) groups excluding carboxylic acids is 1. The normalized spacial score (nSPS) is 21.8. The molecule has 2 fully saturated rings. The van der Waals surface area contributed by atoms with Gasteiger partial charge in [-0.15, -0.1) is 0 Å². The predicted molar refractivity (Wildman–Crippen MR) is 148 cm³/mol. The van der Waals surface area contributed by atoms with Gasteiger partial charge in [0.25, 0.3) is 5.91 Å². The van der Waals surface area contributed by atoms with Crippen LogP contribution >= 0.6 is 11.6 Å². The van der Waals surface area contributed by atoms with Crippen molar-refractivity contribution in [2.75, 3.05) is 18.4 Å². The SMILES string of the molecule is CCC[C@H](C)Nc1ncc2c(C3CCN(C(=O)c4ccc(Cl)cc4)CC3)cn(C3CCC(O)CC3)c2n1. The van der Waals surface area contributed by atoms with E-state index in [2.05, 4.69) is 29.9 Å². The van der Waals surface area contributed by atoms with Gasteiger partial charge in [0.2, 0.25) is 5.95 Å². The van der Waals surface area contributed by atoms with Crippen molar-refractivity contribution in [1.29, 1.82) is 0 Å². The number of likely N-dealkylation sites (tertiary alicyclic amines) is 1. The molecule has 7 nitrogen and oxygen atoms in total. The second-order valence-electron chi connectivity index (χ2n) is 10.8. The van der Waals surface area contributed by atoms with Crippen molar-refractivity contribution < 1.29 is 9.90 Å². The van der Waals surface area contributed by atoms with E-state index >= 15 is 0 Å². The fourth-order valence-corrected chi connectivity index (χ4v) is 6.08. The van der Waals surface area contributed by atoms with Gasteiger partial charge in [-0.1, -0.05) is 24.9 Å². The van der Waals surface area contributed by atoms with Crippen LogP contribution in [-0.4, -0.2) is 55.7 Å². The lowest BCUT2D eigenvalue weighted by atomic mass is 9.89. The van der Waals surface area contributed by atoms with Crippen LogP contribution in [0.1, 0.15) is 93.1 Å². The Morgan fingerprint density at radius 1 is 1.14 bits per heavy atom. The van der Waals surface area contributed by atoms with Crippen molar-refractivity contribution in [3.63, 3.8) is 0 Å². The lowest BCUT2D eigenvalue weighted by molar-refractivity contribution is 0.0713. The number of benzene rings is 1. The minimum absolute atomic E-state index is 0.0681. The Labute approximate surface area is 224 Å². The number of hydrogen-bond acceptors (Lipinski definition) is 5. The number of aromatic nitrogens is 3. The first-order chi connectivity index (χ1) is 17.9. The van der Waals surface area contributed by atoms with E-state index in [1.165, 1.54) is 5.56 Å². The minimum atomic E-state index is -0.193. The van der Waals surface area contributed by atoms with Gasteiger partial charge in [-0.05, 0) is 87.6 Å². The molecule has 0 radical (unpaired) electrons. The highest BCUT2D eigenvalue weighted by atomic mass is 35.5. The number of hydrogen-bond donors (Lipinski definition) is 2. The number of fused-ring (bicyclic) bond motifs is 1. The first kappa shape index (κ1) is 26.0. The summed E-state index contributed by atoms with van der Waals surface area (Å²) in [4.78, 5) is 24.7. The molecule has 1 aliphatic carbocycles. The number of rotatable bonds is 7. The molecule has 3 heterocycles.